The normalized spacial score (nSPS) is 23.9. The topological polar surface area (TPSA) is 46.5 Å². The van der Waals surface area contributed by atoms with Gasteiger partial charge >= 0.3 is 0 Å². The standard InChI is InChI=1S/C11H12BrNO2S/c12-10-3-1-9(2-4-10)7-13-11-5-6-16(14,15)8-11/h1-4,7,11H,5-6,8H2/t11-/m1/s1. The van der Waals surface area contributed by atoms with E-state index in [2.05, 4.69) is 20.9 Å². The maximum absolute atomic E-state index is 11.2. The van der Waals surface area contributed by atoms with E-state index in [1.165, 1.54) is 0 Å². The molecule has 0 saturated carbocycles. The van der Waals surface area contributed by atoms with Crippen LogP contribution in [0.5, 0.6) is 0 Å². The van der Waals surface area contributed by atoms with Crippen molar-refractivity contribution in [1.82, 2.24) is 0 Å². The van der Waals surface area contributed by atoms with Gasteiger partial charge in [-0.15, -0.1) is 0 Å². The summed E-state index contributed by atoms with van der Waals surface area (Å²) in [5.41, 5.74) is 0.993. The summed E-state index contributed by atoms with van der Waals surface area (Å²) >= 11 is 3.35. The smallest absolute Gasteiger partial charge is 0.152 e. The fraction of sp³-hybridized carbons (Fsp3) is 0.364. The zero-order chi connectivity index (χ0) is 11.6. The van der Waals surface area contributed by atoms with Crippen molar-refractivity contribution in [2.24, 2.45) is 4.99 Å². The number of benzene rings is 1. The third-order valence-corrected chi connectivity index (χ3v) is 4.79. The number of hydrogen-bond donors (Lipinski definition) is 0. The first-order valence-corrected chi connectivity index (χ1v) is 7.66. The molecule has 0 N–H and O–H groups in total. The van der Waals surface area contributed by atoms with Gasteiger partial charge in [0.1, 0.15) is 0 Å². The molecule has 1 aromatic carbocycles. The maximum atomic E-state index is 11.2. The van der Waals surface area contributed by atoms with Gasteiger partial charge in [0.25, 0.3) is 0 Å². The molecule has 16 heavy (non-hydrogen) atoms. The number of sulfone groups is 1. The molecule has 3 nitrogen and oxygen atoms in total. The van der Waals surface area contributed by atoms with Crippen LogP contribution in [0.15, 0.2) is 33.7 Å². The number of hydrogen-bond acceptors (Lipinski definition) is 3. The molecule has 0 aliphatic carbocycles. The molecule has 1 saturated heterocycles. The lowest BCUT2D eigenvalue weighted by Crippen LogP contribution is -2.07. The van der Waals surface area contributed by atoms with E-state index in [0.29, 0.717) is 6.42 Å². The molecule has 0 aromatic heterocycles. The zero-order valence-electron chi connectivity index (χ0n) is 8.64. The van der Waals surface area contributed by atoms with Crippen LogP contribution in [0.3, 0.4) is 0 Å². The summed E-state index contributed by atoms with van der Waals surface area (Å²) < 4.78 is 23.5. The molecule has 0 unspecified atom stereocenters. The molecule has 1 aromatic rings. The molecule has 0 bridgehead atoms. The van der Waals surface area contributed by atoms with Gasteiger partial charge in [-0.25, -0.2) is 8.42 Å². The molecule has 1 aliphatic heterocycles. The Bertz CT molecular complexity index is 493. The second-order valence-corrected chi connectivity index (χ2v) is 7.03. The minimum absolute atomic E-state index is 0.0614. The number of aliphatic imine (C=N–C) groups is 1. The summed E-state index contributed by atoms with van der Waals surface area (Å²) in [7, 11) is -2.83. The fourth-order valence-electron chi connectivity index (χ4n) is 1.63. The Morgan fingerprint density at radius 3 is 2.56 bits per heavy atom. The van der Waals surface area contributed by atoms with Crippen molar-refractivity contribution in [3.8, 4) is 0 Å². The molecule has 0 radical (unpaired) electrons. The van der Waals surface area contributed by atoms with E-state index in [1.54, 1.807) is 6.21 Å². The molecule has 0 spiro atoms. The van der Waals surface area contributed by atoms with Gasteiger partial charge in [0.2, 0.25) is 0 Å². The van der Waals surface area contributed by atoms with E-state index in [-0.39, 0.29) is 17.5 Å². The van der Waals surface area contributed by atoms with E-state index in [9.17, 15) is 8.42 Å². The predicted molar refractivity (Wildman–Crippen MR) is 68.8 cm³/mol. The highest BCUT2D eigenvalue weighted by Crippen LogP contribution is 2.15. The van der Waals surface area contributed by atoms with Crippen LogP contribution in [0.1, 0.15) is 12.0 Å². The van der Waals surface area contributed by atoms with E-state index in [4.69, 9.17) is 0 Å². The Balaban J connectivity index is 2.03. The number of nitrogens with zero attached hydrogens (tertiary/aromatic N) is 1. The average Bonchev–Trinajstić information content (AvgIpc) is 2.58. The van der Waals surface area contributed by atoms with Crippen molar-refractivity contribution in [3.63, 3.8) is 0 Å². The van der Waals surface area contributed by atoms with Crippen LogP contribution in [-0.2, 0) is 9.84 Å². The van der Waals surface area contributed by atoms with Gasteiger partial charge in [0, 0.05) is 10.7 Å². The van der Waals surface area contributed by atoms with Gasteiger partial charge in [-0.1, -0.05) is 28.1 Å². The Hall–Kier alpha value is -0.680. The second kappa shape index (κ2) is 4.67. The molecule has 0 amide bonds. The Morgan fingerprint density at radius 2 is 2.00 bits per heavy atom. The van der Waals surface area contributed by atoms with Crippen LogP contribution >= 0.6 is 15.9 Å². The first kappa shape index (κ1) is 11.8. The van der Waals surface area contributed by atoms with Gasteiger partial charge in [-0.2, -0.15) is 0 Å². The predicted octanol–water partition coefficient (Wildman–Crippen LogP) is 2.06. The zero-order valence-corrected chi connectivity index (χ0v) is 11.0. The highest BCUT2D eigenvalue weighted by molar-refractivity contribution is 9.10. The largest absolute Gasteiger partial charge is 0.288 e. The van der Waals surface area contributed by atoms with Gasteiger partial charge in [-0.05, 0) is 24.1 Å². The monoisotopic (exact) mass is 301 g/mol. The molecular weight excluding hydrogens is 290 g/mol. The van der Waals surface area contributed by atoms with Crippen LogP contribution in [-0.4, -0.2) is 32.2 Å². The molecule has 2 rings (SSSR count). The van der Waals surface area contributed by atoms with Crippen LogP contribution in [0.25, 0.3) is 0 Å². The summed E-state index contributed by atoms with van der Waals surface area (Å²) in [5, 5.41) is 0. The molecule has 1 fully saturated rings. The van der Waals surface area contributed by atoms with Crippen LogP contribution in [0, 0.1) is 0 Å². The minimum Gasteiger partial charge on any atom is -0.288 e. The van der Waals surface area contributed by atoms with Crippen LogP contribution in [0.4, 0.5) is 0 Å². The average molecular weight is 302 g/mol. The van der Waals surface area contributed by atoms with E-state index >= 15 is 0 Å². The summed E-state index contributed by atoms with van der Waals surface area (Å²) in [6.45, 7) is 0. The van der Waals surface area contributed by atoms with Crippen molar-refractivity contribution in [1.29, 1.82) is 0 Å². The number of halogens is 1. The summed E-state index contributed by atoms with van der Waals surface area (Å²) in [4.78, 5) is 4.30. The third kappa shape index (κ3) is 3.15. The van der Waals surface area contributed by atoms with Crippen molar-refractivity contribution < 1.29 is 8.42 Å². The molecule has 1 aliphatic rings. The van der Waals surface area contributed by atoms with E-state index in [1.807, 2.05) is 24.3 Å². The van der Waals surface area contributed by atoms with Gasteiger partial charge in [0.15, 0.2) is 9.84 Å². The summed E-state index contributed by atoms with van der Waals surface area (Å²) in [6, 6.07) is 7.70. The van der Waals surface area contributed by atoms with Crippen molar-refractivity contribution in [2.45, 2.75) is 12.5 Å². The summed E-state index contributed by atoms with van der Waals surface area (Å²) in [5.74, 6) is 0.468. The maximum Gasteiger partial charge on any atom is 0.152 e. The first-order valence-electron chi connectivity index (χ1n) is 5.04. The Kier molecular flexibility index (Phi) is 3.44. The van der Waals surface area contributed by atoms with Crippen molar-refractivity contribution in [2.75, 3.05) is 11.5 Å². The minimum atomic E-state index is -2.83. The van der Waals surface area contributed by atoms with Crippen LogP contribution in [0.2, 0.25) is 0 Å². The highest BCUT2D eigenvalue weighted by Gasteiger charge is 2.26. The van der Waals surface area contributed by atoms with Crippen LogP contribution < -0.4 is 0 Å². The molecular formula is C11H12BrNO2S. The third-order valence-electron chi connectivity index (χ3n) is 2.51. The Morgan fingerprint density at radius 1 is 1.31 bits per heavy atom. The second-order valence-electron chi connectivity index (χ2n) is 3.89. The lowest BCUT2D eigenvalue weighted by Gasteiger charge is -1.99. The fourth-order valence-corrected chi connectivity index (χ4v) is 3.53. The molecule has 5 heteroatoms. The van der Waals surface area contributed by atoms with Gasteiger partial charge in [0.05, 0.1) is 17.5 Å². The summed E-state index contributed by atoms with van der Waals surface area (Å²) in [6.07, 6.45) is 2.40. The SMILES string of the molecule is O=S1(=O)CC[C@@H](N=Cc2ccc(Br)cc2)C1. The van der Waals surface area contributed by atoms with Gasteiger partial charge < -0.3 is 0 Å². The lowest BCUT2D eigenvalue weighted by atomic mass is 10.2. The van der Waals surface area contributed by atoms with E-state index < -0.39 is 9.84 Å². The van der Waals surface area contributed by atoms with E-state index in [0.717, 1.165) is 10.0 Å². The Labute approximate surface area is 104 Å². The molecule has 1 atom stereocenters. The highest BCUT2D eigenvalue weighted by atomic mass is 79.9. The first-order chi connectivity index (χ1) is 7.55. The van der Waals surface area contributed by atoms with Crippen molar-refractivity contribution >= 4 is 32.0 Å². The molecule has 1 heterocycles. The number of rotatable bonds is 2. The lowest BCUT2D eigenvalue weighted by molar-refractivity contribution is 0.601. The van der Waals surface area contributed by atoms with Crippen molar-refractivity contribution in [3.05, 3.63) is 34.3 Å². The quantitative estimate of drug-likeness (QED) is 0.785. The molecule has 86 valence electrons. The van der Waals surface area contributed by atoms with Gasteiger partial charge in [-0.3, -0.25) is 4.99 Å².